The van der Waals surface area contributed by atoms with E-state index < -0.39 is 21.7 Å². The van der Waals surface area contributed by atoms with Crippen molar-refractivity contribution in [3.63, 3.8) is 0 Å². The lowest BCUT2D eigenvalue weighted by Crippen LogP contribution is -2.29. The highest BCUT2D eigenvalue weighted by Gasteiger charge is 2.19. The van der Waals surface area contributed by atoms with E-state index in [1.54, 1.807) is 43.6 Å². The molecular formula is C23H21FN4O5S. The van der Waals surface area contributed by atoms with Gasteiger partial charge in [-0.3, -0.25) is 4.72 Å². The van der Waals surface area contributed by atoms with E-state index in [-0.39, 0.29) is 29.2 Å². The summed E-state index contributed by atoms with van der Waals surface area (Å²) in [5.74, 6) is -0.376. The van der Waals surface area contributed by atoms with Gasteiger partial charge in [0.1, 0.15) is 11.3 Å². The molecule has 4 aromatic rings. The van der Waals surface area contributed by atoms with E-state index in [0.29, 0.717) is 22.3 Å². The number of benzene rings is 2. The molecule has 1 N–H and O–H groups in total. The van der Waals surface area contributed by atoms with Gasteiger partial charge in [-0.2, -0.15) is 12.7 Å². The second-order valence-corrected chi connectivity index (χ2v) is 9.51. The molecule has 0 saturated heterocycles. The Morgan fingerprint density at radius 1 is 1.12 bits per heavy atom. The summed E-state index contributed by atoms with van der Waals surface area (Å²) < 4.78 is 53.5. The highest BCUT2D eigenvalue weighted by molar-refractivity contribution is 7.90. The molecule has 0 aliphatic carbocycles. The zero-order valence-electron chi connectivity index (χ0n) is 18.6. The van der Waals surface area contributed by atoms with Crippen molar-refractivity contribution in [3.8, 4) is 11.8 Å². The largest absolute Gasteiger partial charge is 0.424 e. The van der Waals surface area contributed by atoms with Gasteiger partial charge in [-0.25, -0.2) is 19.2 Å². The molecule has 0 radical (unpaired) electrons. The summed E-state index contributed by atoms with van der Waals surface area (Å²) in [6.45, 7) is 1.74. The standard InChI is InChI=1S/C23H21FN4O5S/c1-14-17-9-8-16(32-23-25-10-5-11-26-23)13-20(17)33-22(29)18(14)12-15-6-4-7-19(21(15)24)27-34(30,31)28(2)3/h4-11,13,27H,12H2,1-3H3. The number of fused-ring (bicyclic) bond motifs is 1. The third kappa shape index (κ3) is 4.75. The first-order valence-electron chi connectivity index (χ1n) is 10.1. The maximum absolute atomic E-state index is 15.1. The summed E-state index contributed by atoms with van der Waals surface area (Å²) in [6, 6.07) is 11.1. The Balaban J connectivity index is 1.67. The average molecular weight is 485 g/mol. The molecule has 9 nitrogen and oxygen atoms in total. The Morgan fingerprint density at radius 3 is 2.56 bits per heavy atom. The average Bonchev–Trinajstić information content (AvgIpc) is 2.79. The van der Waals surface area contributed by atoms with Crippen LogP contribution in [0, 0.1) is 12.7 Å². The second-order valence-electron chi connectivity index (χ2n) is 7.63. The molecule has 11 heteroatoms. The number of nitrogens with one attached hydrogen (secondary N) is 1. The molecule has 34 heavy (non-hydrogen) atoms. The normalized spacial score (nSPS) is 11.7. The van der Waals surface area contributed by atoms with E-state index in [0.717, 1.165) is 4.31 Å². The summed E-state index contributed by atoms with van der Waals surface area (Å²) in [5.41, 5.74) is 0.491. The lowest BCUT2D eigenvalue weighted by atomic mass is 9.99. The zero-order chi connectivity index (χ0) is 24.5. The number of hydrogen-bond donors (Lipinski definition) is 1. The van der Waals surface area contributed by atoms with Gasteiger partial charge in [0, 0.05) is 49.9 Å². The van der Waals surface area contributed by atoms with Gasteiger partial charge in [-0.1, -0.05) is 12.1 Å². The van der Waals surface area contributed by atoms with Crippen LogP contribution in [0.2, 0.25) is 0 Å². The molecule has 0 atom stereocenters. The van der Waals surface area contributed by atoms with Gasteiger partial charge in [-0.15, -0.1) is 0 Å². The van der Waals surface area contributed by atoms with Crippen molar-refractivity contribution in [2.24, 2.45) is 0 Å². The van der Waals surface area contributed by atoms with Crippen LogP contribution in [0.5, 0.6) is 11.8 Å². The topological polar surface area (TPSA) is 115 Å². The van der Waals surface area contributed by atoms with E-state index in [2.05, 4.69) is 14.7 Å². The van der Waals surface area contributed by atoms with Crippen molar-refractivity contribution in [2.75, 3.05) is 18.8 Å². The van der Waals surface area contributed by atoms with E-state index in [9.17, 15) is 13.2 Å². The van der Waals surface area contributed by atoms with Crippen LogP contribution in [0.25, 0.3) is 11.0 Å². The molecular weight excluding hydrogens is 463 g/mol. The maximum Gasteiger partial charge on any atom is 0.340 e. The van der Waals surface area contributed by atoms with Crippen LogP contribution in [0.4, 0.5) is 10.1 Å². The number of ether oxygens (including phenoxy) is 1. The Hall–Kier alpha value is -3.83. The molecule has 2 heterocycles. The first-order chi connectivity index (χ1) is 16.2. The van der Waals surface area contributed by atoms with Crippen LogP contribution < -0.4 is 15.1 Å². The molecule has 0 spiro atoms. The predicted molar refractivity (Wildman–Crippen MR) is 125 cm³/mol. The van der Waals surface area contributed by atoms with Gasteiger partial charge >= 0.3 is 21.8 Å². The first kappa shape index (κ1) is 23.3. The van der Waals surface area contributed by atoms with Crippen molar-refractivity contribution >= 4 is 26.9 Å². The molecule has 0 unspecified atom stereocenters. The van der Waals surface area contributed by atoms with E-state index in [1.165, 1.54) is 32.3 Å². The lowest BCUT2D eigenvalue weighted by Gasteiger charge is -2.15. The highest BCUT2D eigenvalue weighted by atomic mass is 32.2. The smallest absolute Gasteiger partial charge is 0.340 e. The predicted octanol–water partition coefficient (Wildman–Crippen LogP) is 3.63. The summed E-state index contributed by atoms with van der Waals surface area (Å²) in [6.07, 6.45) is 3.00. The third-order valence-electron chi connectivity index (χ3n) is 5.18. The monoisotopic (exact) mass is 484 g/mol. The van der Waals surface area contributed by atoms with Gasteiger partial charge in [0.05, 0.1) is 5.69 Å². The molecule has 2 aromatic carbocycles. The summed E-state index contributed by atoms with van der Waals surface area (Å²) in [4.78, 5) is 20.8. The molecule has 0 aliphatic heterocycles. The number of anilines is 1. The molecule has 2 aromatic heterocycles. The van der Waals surface area contributed by atoms with Crippen LogP contribution in [0.15, 0.2) is 64.1 Å². The van der Waals surface area contributed by atoms with Crippen molar-refractivity contribution in [3.05, 3.63) is 87.8 Å². The molecule has 0 fully saturated rings. The minimum Gasteiger partial charge on any atom is -0.424 e. The van der Waals surface area contributed by atoms with Crippen molar-refractivity contribution < 1.29 is 22.0 Å². The molecule has 0 amide bonds. The molecule has 4 rings (SSSR count). The third-order valence-corrected chi connectivity index (χ3v) is 6.61. The van der Waals surface area contributed by atoms with Crippen molar-refractivity contribution in [1.29, 1.82) is 0 Å². The Kier molecular flexibility index (Phi) is 6.31. The lowest BCUT2D eigenvalue weighted by molar-refractivity contribution is 0.440. The van der Waals surface area contributed by atoms with Crippen LogP contribution in [0.1, 0.15) is 16.7 Å². The molecule has 176 valence electrons. The minimum atomic E-state index is -3.89. The van der Waals surface area contributed by atoms with E-state index in [1.807, 2.05) is 0 Å². The Bertz CT molecular complexity index is 1520. The van der Waals surface area contributed by atoms with E-state index >= 15 is 4.39 Å². The number of nitrogens with zero attached hydrogens (tertiary/aromatic N) is 3. The molecule has 0 aliphatic rings. The van der Waals surface area contributed by atoms with Crippen molar-refractivity contribution in [2.45, 2.75) is 13.3 Å². The van der Waals surface area contributed by atoms with Gasteiger partial charge in [0.2, 0.25) is 0 Å². The Morgan fingerprint density at radius 2 is 1.85 bits per heavy atom. The second kappa shape index (κ2) is 9.20. The van der Waals surface area contributed by atoms with E-state index in [4.69, 9.17) is 9.15 Å². The summed E-state index contributed by atoms with van der Waals surface area (Å²) >= 11 is 0. The van der Waals surface area contributed by atoms with Gasteiger partial charge in [0.25, 0.3) is 0 Å². The summed E-state index contributed by atoms with van der Waals surface area (Å²) in [5, 5.41) is 0.654. The van der Waals surface area contributed by atoms with Crippen LogP contribution in [-0.4, -0.2) is 36.8 Å². The highest BCUT2D eigenvalue weighted by Crippen LogP contribution is 2.28. The van der Waals surface area contributed by atoms with Crippen LogP contribution >= 0.6 is 0 Å². The quantitative estimate of drug-likeness (QED) is 0.398. The fourth-order valence-electron chi connectivity index (χ4n) is 3.30. The minimum absolute atomic E-state index is 0.0798. The fourth-order valence-corrected chi connectivity index (χ4v) is 3.92. The SMILES string of the molecule is Cc1c(Cc2cccc(NS(=O)(=O)N(C)C)c2F)c(=O)oc2cc(Oc3ncccn3)ccc12. The number of rotatable bonds is 7. The van der Waals surface area contributed by atoms with Gasteiger partial charge in [0.15, 0.2) is 5.82 Å². The number of halogens is 1. The first-order valence-corrected chi connectivity index (χ1v) is 11.6. The summed E-state index contributed by atoms with van der Waals surface area (Å²) in [7, 11) is -1.23. The number of hydrogen-bond acceptors (Lipinski definition) is 7. The maximum atomic E-state index is 15.1. The Labute approximate surface area is 195 Å². The van der Waals surface area contributed by atoms with Crippen LogP contribution in [-0.2, 0) is 16.6 Å². The molecule has 0 bridgehead atoms. The number of aryl methyl sites for hydroxylation is 1. The fraction of sp³-hybridized carbons (Fsp3) is 0.174. The van der Waals surface area contributed by atoms with Gasteiger partial charge < -0.3 is 9.15 Å². The van der Waals surface area contributed by atoms with Crippen molar-refractivity contribution in [1.82, 2.24) is 14.3 Å². The van der Waals surface area contributed by atoms with Crippen LogP contribution in [0.3, 0.4) is 0 Å². The van der Waals surface area contributed by atoms with Gasteiger partial charge in [-0.05, 0) is 42.3 Å². The number of aromatic nitrogens is 2. The molecule has 0 saturated carbocycles. The zero-order valence-corrected chi connectivity index (χ0v) is 19.4.